The fourth-order valence-electron chi connectivity index (χ4n) is 2.97. The van der Waals surface area contributed by atoms with Gasteiger partial charge in [0.2, 0.25) is 5.91 Å². The Labute approximate surface area is 186 Å². The number of carbonyl (C=O) groups excluding carboxylic acids is 2. The number of carbonyl (C=O) groups is 2. The van der Waals surface area contributed by atoms with Gasteiger partial charge >= 0.3 is 5.97 Å². The highest BCUT2D eigenvalue weighted by Crippen LogP contribution is 2.41. The molecule has 0 spiro atoms. The second kappa shape index (κ2) is 9.32. The van der Waals surface area contributed by atoms with Gasteiger partial charge in [-0.3, -0.25) is 9.36 Å². The Kier molecular flexibility index (Phi) is 6.55. The molecule has 1 N–H and O–H groups in total. The zero-order chi connectivity index (χ0) is 21.1. The monoisotopic (exact) mass is 462 g/mol. The number of thiophene rings is 2. The Hall–Kier alpha value is -2.17. The minimum atomic E-state index is -0.412. The third kappa shape index (κ3) is 4.60. The fourth-order valence-corrected chi connectivity index (χ4v) is 5.48. The molecule has 7 nitrogen and oxygen atoms in total. The highest BCUT2D eigenvalue weighted by Gasteiger charge is 2.30. The first-order valence-electron chi connectivity index (χ1n) is 9.82. The van der Waals surface area contributed by atoms with E-state index in [0.717, 1.165) is 40.0 Å². The molecule has 0 aromatic carbocycles. The third-order valence-electron chi connectivity index (χ3n) is 4.53. The van der Waals surface area contributed by atoms with E-state index < -0.39 is 5.97 Å². The molecule has 4 rings (SSSR count). The number of aryl methyl sites for hydroxylation is 1. The van der Waals surface area contributed by atoms with E-state index in [0.29, 0.717) is 23.2 Å². The summed E-state index contributed by atoms with van der Waals surface area (Å²) in [5, 5.41) is 14.9. The number of ether oxygens (including phenoxy) is 1. The Morgan fingerprint density at radius 1 is 1.33 bits per heavy atom. The normalized spacial score (nSPS) is 13.4. The SMILES string of the molecule is CCOC(=O)c1cc(CC)sc1NC(=O)CSc1nnc(-c2cccs2)n1C1CC1. The number of nitrogens with one attached hydrogen (secondary N) is 1. The number of hydrogen-bond donors (Lipinski definition) is 1. The lowest BCUT2D eigenvalue weighted by Crippen LogP contribution is -2.16. The van der Waals surface area contributed by atoms with Gasteiger partial charge in [0.05, 0.1) is 22.8 Å². The summed E-state index contributed by atoms with van der Waals surface area (Å²) in [5.74, 6) is 0.464. The lowest BCUT2D eigenvalue weighted by Gasteiger charge is -2.08. The average molecular weight is 463 g/mol. The van der Waals surface area contributed by atoms with E-state index in [9.17, 15) is 9.59 Å². The van der Waals surface area contributed by atoms with E-state index in [1.165, 1.54) is 23.1 Å². The Balaban J connectivity index is 1.45. The molecule has 1 amide bonds. The molecule has 1 aliphatic rings. The first-order valence-corrected chi connectivity index (χ1v) is 12.5. The van der Waals surface area contributed by atoms with E-state index in [1.807, 2.05) is 24.4 Å². The van der Waals surface area contributed by atoms with Crippen molar-refractivity contribution in [3.8, 4) is 10.7 Å². The second-order valence-electron chi connectivity index (χ2n) is 6.75. The molecule has 0 saturated heterocycles. The van der Waals surface area contributed by atoms with Crippen molar-refractivity contribution < 1.29 is 14.3 Å². The van der Waals surface area contributed by atoms with Crippen LogP contribution in [0.2, 0.25) is 0 Å². The summed E-state index contributed by atoms with van der Waals surface area (Å²) in [7, 11) is 0. The number of anilines is 1. The molecule has 30 heavy (non-hydrogen) atoms. The number of aromatic nitrogens is 3. The topological polar surface area (TPSA) is 86.1 Å². The second-order valence-corrected chi connectivity index (χ2v) is 9.78. The van der Waals surface area contributed by atoms with Crippen LogP contribution >= 0.6 is 34.4 Å². The Morgan fingerprint density at radius 3 is 2.83 bits per heavy atom. The molecule has 3 aromatic rings. The molecule has 0 aliphatic heterocycles. The number of hydrogen-bond acceptors (Lipinski definition) is 8. The zero-order valence-electron chi connectivity index (χ0n) is 16.7. The smallest absolute Gasteiger partial charge is 0.341 e. The van der Waals surface area contributed by atoms with Crippen molar-refractivity contribution in [3.05, 3.63) is 34.0 Å². The lowest BCUT2D eigenvalue weighted by molar-refractivity contribution is -0.113. The summed E-state index contributed by atoms with van der Waals surface area (Å²) in [6.45, 7) is 4.07. The van der Waals surface area contributed by atoms with Gasteiger partial charge in [-0.15, -0.1) is 32.9 Å². The predicted octanol–water partition coefficient (Wildman–Crippen LogP) is 4.87. The van der Waals surface area contributed by atoms with Gasteiger partial charge in [-0.1, -0.05) is 24.8 Å². The van der Waals surface area contributed by atoms with Crippen LogP contribution in [0.15, 0.2) is 28.7 Å². The number of esters is 1. The number of thioether (sulfide) groups is 1. The summed E-state index contributed by atoms with van der Waals surface area (Å²) >= 11 is 4.41. The van der Waals surface area contributed by atoms with E-state index in [4.69, 9.17) is 4.74 Å². The van der Waals surface area contributed by atoms with Crippen molar-refractivity contribution in [3.63, 3.8) is 0 Å². The first kappa shape index (κ1) is 21.1. The van der Waals surface area contributed by atoms with Gasteiger partial charge in [0.1, 0.15) is 5.00 Å². The molecule has 0 radical (unpaired) electrons. The van der Waals surface area contributed by atoms with E-state index in [-0.39, 0.29) is 11.7 Å². The minimum absolute atomic E-state index is 0.182. The summed E-state index contributed by atoms with van der Waals surface area (Å²) in [5.41, 5.74) is 0.415. The molecular formula is C20H22N4O3S3. The highest BCUT2D eigenvalue weighted by atomic mass is 32.2. The summed E-state index contributed by atoms with van der Waals surface area (Å²) < 4.78 is 7.26. The van der Waals surface area contributed by atoms with Crippen molar-refractivity contribution in [2.24, 2.45) is 0 Å². The van der Waals surface area contributed by atoms with Gasteiger partial charge in [0.15, 0.2) is 11.0 Å². The molecule has 0 bridgehead atoms. The number of rotatable bonds is 9. The maximum absolute atomic E-state index is 12.6. The van der Waals surface area contributed by atoms with Crippen molar-refractivity contribution in [1.82, 2.24) is 14.8 Å². The van der Waals surface area contributed by atoms with Crippen LogP contribution in [-0.4, -0.2) is 39.0 Å². The summed E-state index contributed by atoms with van der Waals surface area (Å²) in [4.78, 5) is 26.9. The standard InChI is InChI=1S/C20H22N4O3S3/c1-3-13-10-14(19(26)27-4-2)18(30-13)21-16(25)11-29-20-23-22-17(15-6-5-9-28-15)24(20)12-7-8-12/h5-6,9-10,12H,3-4,7-8,11H2,1-2H3,(H,21,25). The van der Waals surface area contributed by atoms with Gasteiger partial charge in [0, 0.05) is 10.9 Å². The van der Waals surface area contributed by atoms with E-state index in [2.05, 4.69) is 20.1 Å². The predicted molar refractivity (Wildman–Crippen MR) is 121 cm³/mol. The van der Waals surface area contributed by atoms with Crippen LogP contribution in [0.5, 0.6) is 0 Å². The van der Waals surface area contributed by atoms with Crippen molar-refractivity contribution in [2.45, 2.75) is 44.3 Å². The third-order valence-corrected chi connectivity index (χ3v) is 7.53. The molecule has 10 heteroatoms. The fraction of sp³-hybridized carbons (Fsp3) is 0.400. The molecule has 3 heterocycles. The summed E-state index contributed by atoms with van der Waals surface area (Å²) in [6, 6.07) is 6.23. The van der Waals surface area contributed by atoms with Crippen LogP contribution < -0.4 is 5.32 Å². The molecule has 158 valence electrons. The molecule has 1 saturated carbocycles. The quantitative estimate of drug-likeness (QED) is 0.361. The first-order chi connectivity index (χ1) is 14.6. The van der Waals surface area contributed by atoms with Crippen LogP contribution in [0.25, 0.3) is 10.7 Å². The molecular weight excluding hydrogens is 440 g/mol. The van der Waals surface area contributed by atoms with Gasteiger partial charge in [-0.05, 0) is 43.7 Å². The molecule has 0 atom stereocenters. The van der Waals surface area contributed by atoms with Crippen LogP contribution in [-0.2, 0) is 16.0 Å². The number of amides is 1. The van der Waals surface area contributed by atoms with E-state index in [1.54, 1.807) is 24.3 Å². The van der Waals surface area contributed by atoms with Crippen molar-refractivity contribution >= 4 is 51.3 Å². The maximum atomic E-state index is 12.6. The van der Waals surface area contributed by atoms with Gasteiger partial charge in [0.25, 0.3) is 0 Å². The molecule has 3 aromatic heterocycles. The molecule has 1 fully saturated rings. The Morgan fingerprint density at radius 2 is 2.17 bits per heavy atom. The van der Waals surface area contributed by atoms with Crippen LogP contribution in [0.3, 0.4) is 0 Å². The average Bonchev–Trinajstić information content (AvgIpc) is 3.13. The number of nitrogens with zero attached hydrogens (tertiary/aromatic N) is 3. The van der Waals surface area contributed by atoms with Crippen LogP contribution in [0.4, 0.5) is 5.00 Å². The van der Waals surface area contributed by atoms with Crippen molar-refractivity contribution in [1.29, 1.82) is 0 Å². The largest absolute Gasteiger partial charge is 0.462 e. The van der Waals surface area contributed by atoms with E-state index >= 15 is 0 Å². The molecule has 0 unspecified atom stereocenters. The summed E-state index contributed by atoms with van der Waals surface area (Å²) in [6.07, 6.45) is 3.00. The lowest BCUT2D eigenvalue weighted by atomic mass is 10.2. The minimum Gasteiger partial charge on any atom is -0.462 e. The maximum Gasteiger partial charge on any atom is 0.341 e. The van der Waals surface area contributed by atoms with Crippen molar-refractivity contribution in [2.75, 3.05) is 17.7 Å². The van der Waals surface area contributed by atoms with Gasteiger partial charge < -0.3 is 10.1 Å². The highest BCUT2D eigenvalue weighted by molar-refractivity contribution is 7.99. The molecule has 1 aliphatic carbocycles. The van der Waals surface area contributed by atoms with Crippen LogP contribution in [0.1, 0.15) is 48.0 Å². The Bertz CT molecular complexity index is 1040. The van der Waals surface area contributed by atoms with Crippen LogP contribution in [0, 0.1) is 0 Å². The van der Waals surface area contributed by atoms with Gasteiger partial charge in [-0.2, -0.15) is 0 Å². The van der Waals surface area contributed by atoms with Gasteiger partial charge in [-0.25, -0.2) is 4.79 Å². The zero-order valence-corrected chi connectivity index (χ0v) is 19.2.